The van der Waals surface area contributed by atoms with E-state index in [0.717, 1.165) is 33.4 Å². The maximum Gasteiger partial charge on any atom is 0.252 e. The van der Waals surface area contributed by atoms with Gasteiger partial charge in [-0.05, 0) is 52.6 Å². The van der Waals surface area contributed by atoms with Crippen molar-refractivity contribution in [2.45, 2.75) is 31.0 Å². The number of rotatable bonds is 13. The molecule has 7 nitrogen and oxygen atoms in total. The van der Waals surface area contributed by atoms with Crippen LogP contribution in [0.15, 0.2) is 138 Å². The van der Waals surface area contributed by atoms with Gasteiger partial charge in [0.05, 0.1) is 13.7 Å². The lowest BCUT2D eigenvalue weighted by Crippen LogP contribution is -2.49. The highest BCUT2D eigenvalue weighted by Gasteiger charge is 2.53. The summed E-state index contributed by atoms with van der Waals surface area (Å²) in [6, 6.07) is 43.4. The van der Waals surface area contributed by atoms with Gasteiger partial charge >= 0.3 is 0 Å². The second-order valence-electron chi connectivity index (χ2n) is 11.4. The molecule has 1 amide bonds. The number of carbonyl (C=O) groups excluding carboxylic acids is 1. The first-order valence-corrected chi connectivity index (χ1v) is 15.8. The van der Waals surface area contributed by atoms with E-state index in [1.165, 1.54) is 0 Å². The van der Waals surface area contributed by atoms with E-state index in [4.69, 9.17) is 24.3 Å². The summed E-state index contributed by atoms with van der Waals surface area (Å²) in [5, 5.41) is 12.3. The van der Waals surface area contributed by atoms with Gasteiger partial charge in [0.2, 0.25) is 5.90 Å². The molecule has 0 saturated carbocycles. The van der Waals surface area contributed by atoms with Crippen LogP contribution in [0.2, 0.25) is 0 Å². The Morgan fingerprint density at radius 2 is 1.45 bits per heavy atom. The van der Waals surface area contributed by atoms with Gasteiger partial charge in [-0.25, -0.2) is 4.99 Å². The van der Waals surface area contributed by atoms with Gasteiger partial charge in [0.1, 0.15) is 11.5 Å². The smallest absolute Gasteiger partial charge is 0.252 e. The van der Waals surface area contributed by atoms with Gasteiger partial charge in [0, 0.05) is 37.1 Å². The molecule has 0 aromatic heterocycles. The Bertz CT molecular complexity index is 1790. The first kappa shape index (κ1) is 31.6. The summed E-state index contributed by atoms with van der Waals surface area (Å²) in [5.74, 6) is 1.51. The predicted molar refractivity (Wildman–Crippen MR) is 184 cm³/mol. The zero-order chi connectivity index (χ0) is 32.5. The average Bonchev–Trinajstić information content (AvgIpc) is 3.52. The summed E-state index contributed by atoms with van der Waals surface area (Å²) in [6.45, 7) is 0.754. The van der Waals surface area contributed by atoms with Gasteiger partial charge < -0.3 is 24.6 Å². The van der Waals surface area contributed by atoms with Crippen molar-refractivity contribution in [3.63, 3.8) is 0 Å². The van der Waals surface area contributed by atoms with Crippen molar-refractivity contribution in [2.24, 2.45) is 4.99 Å². The minimum absolute atomic E-state index is 0.0685. The van der Waals surface area contributed by atoms with Gasteiger partial charge in [-0.15, -0.1) is 0 Å². The molecule has 6 rings (SSSR count). The van der Waals surface area contributed by atoms with Crippen LogP contribution >= 0.6 is 0 Å². The number of benzene rings is 5. The van der Waals surface area contributed by atoms with Crippen LogP contribution in [0.4, 0.5) is 0 Å². The zero-order valence-corrected chi connectivity index (χ0v) is 26.3. The molecule has 0 saturated heterocycles. The van der Waals surface area contributed by atoms with Crippen LogP contribution in [0.1, 0.15) is 34.8 Å². The fraction of sp³-hybridized carbons (Fsp3) is 0.200. The monoisotopic (exact) mass is 626 g/mol. The van der Waals surface area contributed by atoms with Gasteiger partial charge in [-0.2, -0.15) is 0 Å². The first-order valence-electron chi connectivity index (χ1n) is 15.8. The molecular formula is C40H38N2O5. The number of hydrogen-bond donors (Lipinski definition) is 2. The highest BCUT2D eigenvalue weighted by Crippen LogP contribution is 2.43. The topological polar surface area (TPSA) is 89.4 Å². The highest BCUT2D eigenvalue weighted by atomic mass is 16.5. The third-order valence-corrected chi connectivity index (χ3v) is 8.30. The van der Waals surface area contributed by atoms with Gasteiger partial charge in [-0.3, -0.25) is 4.79 Å². The Hall–Kier alpha value is -5.40. The number of hydrogen-bond acceptors (Lipinski definition) is 6. The molecule has 0 aliphatic carbocycles. The Balaban J connectivity index is 1.40. The largest absolute Gasteiger partial charge is 0.496 e. The Morgan fingerprint density at radius 3 is 2.15 bits per heavy atom. The van der Waals surface area contributed by atoms with Crippen molar-refractivity contribution in [3.05, 3.63) is 156 Å². The Kier molecular flexibility index (Phi) is 9.94. The lowest BCUT2D eigenvalue weighted by molar-refractivity contribution is -0.129. The number of carbonyl (C=O) groups is 1. The normalized spacial score (nSPS) is 17.0. The number of aliphatic imine (C=N–C) groups is 1. The average molecular weight is 627 g/mol. The van der Waals surface area contributed by atoms with Gasteiger partial charge in [0.25, 0.3) is 5.91 Å². The van der Waals surface area contributed by atoms with E-state index >= 15 is 0 Å². The van der Waals surface area contributed by atoms with E-state index in [-0.39, 0.29) is 19.1 Å². The summed E-state index contributed by atoms with van der Waals surface area (Å²) in [4.78, 5) is 19.8. The van der Waals surface area contributed by atoms with Crippen LogP contribution in [0, 0.1) is 0 Å². The summed E-state index contributed by atoms with van der Waals surface area (Å²) in [7, 11) is 1.62. The van der Waals surface area contributed by atoms with Gasteiger partial charge in [-0.1, -0.05) is 103 Å². The number of aliphatic hydroxyl groups is 1. The molecular weight excluding hydrogens is 588 g/mol. The van der Waals surface area contributed by atoms with Crippen molar-refractivity contribution in [1.29, 1.82) is 0 Å². The fourth-order valence-electron chi connectivity index (χ4n) is 5.85. The summed E-state index contributed by atoms with van der Waals surface area (Å²) < 4.78 is 18.0. The lowest BCUT2D eigenvalue weighted by atomic mass is 9.81. The van der Waals surface area contributed by atoms with Crippen LogP contribution in [-0.2, 0) is 22.5 Å². The SMILES string of the molecule is COc1ccccc1CNC(=O)[C@]1(Cc2ccccc2)N=C(c2ccc(OCCCO)cc2)O[C@@H]1c1ccc(-c2ccccc2)cc1. The molecule has 1 aliphatic heterocycles. The van der Waals surface area contributed by atoms with E-state index < -0.39 is 11.6 Å². The van der Waals surface area contributed by atoms with Crippen molar-refractivity contribution in [2.75, 3.05) is 20.3 Å². The minimum Gasteiger partial charge on any atom is -0.496 e. The van der Waals surface area contributed by atoms with E-state index in [0.29, 0.717) is 36.8 Å². The molecule has 0 spiro atoms. The third-order valence-electron chi connectivity index (χ3n) is 8.30. The number of amides is 1. The number of methoxy groups -OCH3 is 1. The molecule has 238 valence electrons. The van der Waals surface area contributed by atoms with E-state index in [2.05, 4.69) is 29.6 Å². The van der Waals surface area contributed by atoms with Crippen molar-refractivity contribution < 1.29 is 24.1 Å². The maximum absolute atomic E-state index is 14.6. The van der Waals surface area contributed by atoms with E-state index in [1.54, 1.807) is 7.11 Å². The fourth-order valence-corrected chi connectivity index (χ4v) is 5.85. The molecule has 47 heavy (non-hydrogen) atoms. The van der Waals surface area contributed by atoms with E-state index in [1.807, 2.05) is 109 Å². The molecule has 0 bridgehead atoms. The molecule has 1 aliphatic rings. The number of aliphatic hydroxyl groups excluding tert-OH is 1. The van der Waals surface area contributed by atoms with Crippen molar-refractivity contribution >= 4 is 11.8 Å². The van der Waals surface area contributed by atoms with Crippen LogP contribution in [-0.4, -0.2) is 42.8 Å². The van der Waals surface area contributed by atoms with Gasteiger partial charge in [0.15, 0.2) is 11.6 Å². The molecule has 0 unspecified atom stereocenters. The molecule has 7 heteroatoms. The van der Waals surface area contributed by atoms with Crippen molar-refractivity contribution in [3.8, 4) is 22.6 Å². The number of nitrogens with one attached hydrogen (secondary N) is 1. The summed E-state index contributed by atoms with van der Waals surface area (Å²) in [5.41, 5.74) is 4.26. The second-order valence-corrected chi connectivity index (χ2v) is 11.4. The standard InChI is InChI=1S/C40H38N2O5/c1-45-36-16-9-8-15-34(36)28-41-39(44)40(27-29-11-4-2-5-12-29)37(32-19-17-31(18-20-32)30-13-6-3-7-14-30)47-38(42-40)33-21-23-35(24-22-33)46-26-10-25-43/h2-9,11-24,37,43H,10,25-28H2,1H3,(H,41,44)/t37-,40-/m1/s1. The van der Waals surface area contributed by atoms with Crippen LogP contribution in [0.5, 0.6) is 11.5 Å². The second kappa shape index (κ2) is 14.8. The summed E-state index contributed by atoms with van der Waals surface area (Å²) in [6.07, 6.45) is 0.164. The first-order chi connectivity index (χ1) is 23.1. The molecule has 5 aromatic carbocycles. The lowest BCUT2D eigenvalue weighted by Gasteiger charge is -2.31. The highest BCUT2D eigenvalue weighted by molar-refractivity contribution is 6.01. The Morgan fingerprint density at radius 1 is 0.809 bits per heavy atom. The Labute approximate surface area is 275 Å². The van der Waals surface area contributed by atoms with E-state index in [9.17, 15) is 4.79 Å². The molecule has 2 atom stereocenters. The number of nitrogens with zero attached hydrogens (tertiary/aromatic N) is 1. The third kappa shape index (κ3) is 7.21. The zero-order valence-electron chi connectivity index (χ0n) is 26.3. The quantitative estimate of drug-likeness (QED) is 0.138. The van der Waals surface area contributed by atoms with Crippen LogP contribution in [0.3, 0.4) is 0 Å². The van der Waals surface area contributed by atoms with Crippen molar-refractivity contribution in [1.82, 2.24) is 5.32 Å². The maximum atomic E-state index is 14.6. The molecule has 1 heterocycles. The number of para-hydroxylation sites is 1. The molecule has 2 N–H and O–H groups in total. The number of ether oxygens (including phenoxy) is 3. The molecule has 5 aromatic rings. The molecule has 0 radical (unpaired) electrons. The minimum atomic E-state index is -1.32. The predicted octanol–water partition coefficient (Wildman–Crippen LogP) is 6.94. The van der Waals surface area contributed by atoms with Crippen LogP contribution in [0.25, 0.3) is 11.1 Å². The summed E-state index contributed by atoms with van der Waals surface area (Å²) >= 11 is 0. The molecule has 0 fully saturated rings. The van der Waals surface area contributed by atoms with Crippen LogP contribution < -0.4 is 14.8 Å².